The molecule has 0 aliphatic rings. The fourth-order valence-corrected chi connectivity index (χ4v) is 2.21. The van der Waals surface area contributed by atoms with Crippen molar-refractivity contribution in [3.63, 3.8) is 0 Å². The summed E-state index contributed by atoms with van der Waals surface area (Å²) in [5.41, 5.74) is -1.10. The van der Waals surface area contributed by atoms with Gasteiger partial charge < -0.3 is 23.7 Å². The monoisotopic (exact) mass is 416 g/mol. The van der Waals surface area contributed by atoms with Gasteiger partial charge in [0.2, 0.25) is 34.8 Å². The lowest BCUT2D eigenvalue weighted by molar-refractivity contribution is -0.177. The molecule has 0 aliphatic heterocycles. The second-order valence-electron chi connectivity index (χ2n) is 6.31. The molecule has 0 N–H and O–H groups in total. The van der Waals surface area contributed by atoms with Gasteiger partial charge in [0.25, 0.3) is 0 Å². The van der Waals surface area contributed by atoms with Gasteiger partial charge in [-0.05, 0) is 0 Å². The average molecular weight is 416 g/mol. The van der Waals surface area contributed by atoms with Crippen LogP contribution in [0.4, 0.5) is 22.0 Å². The number of esters is 1. The van der Waals surface area contributed by atoms with Crippen molar-refractivity contribution >= 4 is 5.97 Å². The van der Waals surface area contributed by atoms with Crippen LogP contribution >= 0.6 is 0 Å². The Balaban J connectivity index is 3.07. The molecule has 0 aliphatic carbocycles. The van der Waals surface area contributed by atoms with Crippen molar-refractivity contribution in [2.24, 2.45) is 5.41 Å². The van der Waals surface area contributed by atoms with Crippen LogP contribution < -0.4 is 4.74 Å². The Bertz CT molecular complexity index is 653. The van der Waals surface area contributed by atoms with Crippen molar-refractivity contribution in [2.45, 2.75) is 20.0 Å². The van der Waals surface area contributed by atoms with Crippen LogP contribution in [0.3, 0.4) is 0 Å². The van der Waals surface area contributed by atoms with Crippen molar-refractivity contribution in [2.75, 3.05) is 40.8 Å². The van der Waals surface area contributed by atoms with E-state index in [4.69, 9.17) is 18.9 Å². The summed E-state index contributed by atoms with van der Waals surface area (Å²) in [7, 11) is 2.78. The number of halogens is 5. The van der Waals surface area contributed by atoms with E-state index in [0.29, 0.717) is 0 Å². The van der Waals surface area contributed by atoms with Gasteiger partial charge in [-0.1, -0.05) is 13.8 Å². The van der Waals surface area contributed by atoms with Crippen LogP contribution in [-0.4, -0.2) is 52.9 Å². The van der Waals surface area contributed by atoms with Crippen molar-refractivity contribution in [3.8, 4) is 5.75 Å². The molecule has 1 aromatic carbocycles. The molecule has 160 valence electrons. The maximum Gasteiger partial charge on any atom is 0.341 e. The number of hydrogen-bond donors (Lipinski definition) is 0. The van der Waals surface area contributed by atoms with Gasteiger partial charge >= 0.3 is 5.97 Å². The van der Waals surface area contributed by atoms with Crippen LogP contribution in [0.1, 0.15) is 13.8 Å². The Hall–Kier alpha value is -1.82. The van der Waals surface area contributed by atoms with Gasteiger partial charge in [0.1, 0.15) is 6.79 Å². The molecule has 0 aromatic heterocycles. The number of carbonyl (C=O) groups excluding carboxylic acids is 1. The molecule has 0 bridgehead atoms. The standard InChI is InChI=1S/C17H21F5O6/c1-17(2,7-25-4)15(27-8-26-6-5-24-3)16(23)28-14-12(21)10(19)9(18)11(20)13(14)22/h15H,5-8H2,1-4H3. The van der Waals surface area contributed by atoms with Gasteiger partial charge in [-0.15, -0.1) is 0 Å². The summed E-state index contributed by atoms with van der Waals surface area (Å²) in [4.78, 5) is 12.4. The molecule has 6 nitrogen and oxygen atoms in total. The van der Waals surface area contributed by atoms with Crippen molar-refractivity contribution in [1.29, 1.82) is 0 Å². The van der Waals surface area contributed by atoms with E-state index in [-0.39, 0.29) is 19.8 Å². The van der Waals surface area contributed by atoms with Gasteiger partial charge in [0.05, 0.1) is 19.8 Å². The predicted molar refractivity (Wildman–Crippen MR) is 85.1 cm³/mol. The van der Waals surface area contributed by atoms with E-state index in [1.165, 1.54) is 28.1 Å². The molecule has 0 saturated carbocycles. The Labute approximate surface area is 158 Å². The summed E-state index contributed by atoms with van der Waals surface area (Å²) < 4.78 is 91.8. The zero-order chi connectivity index (χ0) is 21.5. The van der Waals surface area contributed by atoms with E-state index < -0.39 is 59.1 Å². The highest BCUT2D eigenvalue weighted by Crippen LogP contribution is 2.31. The number of rotatable bonds is 11. The minimum atomic E-state index is -2.37. The molecular formula is C17H21F5O6. The first-order valence-corrected chi connectivity index (χ1v) is 7.98. The Morgan fingerprint density at radius 3 is 1.93 bits per heavy atom. The van der Waals surface area contributed by atoms with Gasteiger partial charge in [-0.3, -0.25) is 0 Å². The van der Waals surface area contributed by atoms with Crippen molar-refractivity contribution in [3.05, 3.63) is 29.1 Å². The number of ether oxygens (including phenoxy) is 5. The first kappa shape index (κ1) is 24.2. The fourth-order valence-electron chi connectivity index (χ4n) is 2.21. The summed E-state index contributed by atoms with van der Waals surface area (Å²) >= 11 is 0. The fraction of sp³-hybridized carbons (Fsp3) is 0.588. The molecule has 0 fully saturated rings. The molecular weight excluding hydrogens is 395 g/mol. The maximum absolute atomic E-state index is 13.8. The van der Waals surface area contributed by atoms with Gasteiger partial charge in [0, 0.05) is 19.6 Å². The number of benzene rings is 1. The van der Waals surface area contributed by atoms with Crippen LogP contribution in [0, 0.1) is 34.5 Å². The molecule has 28 heavy (non-hydrogen) atoms. The lowest BCUT2D eigenvalue weighted by atomic mass is 9.87. The van der Waals surface area contributed by atoms with Crippen LogP contribution in [0.5, 0.6) is 5.75 Å². The molecule has 0 amide bonds. The number of hydrogen-bond acceptors (Lipinski definition) is 6. The molecule has 1 aromatic rings. The third-order valence-electron chi connectivity index (χ3n) is 3.56. The maximum atomic E-state index is 13.8. The van der Waals surface area contributed by atoms with Crippen molar-refractivity contribution in [1.82, 2.24) is 0 Å². The molecule has 0 saturated heterocycles. The van der Waals surface area contributed by atoms with E-state index in [1.54, 1.807) is 0 Å². The molecule has 1 unspecified atom stereocenters. The largest absolute Gasteiger partial charge is 0.418 e. The highest BCUT2D eigenvalue weighted by molar-refractivity contribution is 5.78. The van der Waals surface area contributed by atoms with Crippen LogP contribution in [0.15, 0.2) is 0 Å². The molecule has 1 atom stereocenters. The molecule has 0 radical (unpaired) electrons. The Kier molecular flexibility index (Phi) is 9.21. The highest BCUT2D eigenvalue weighted by Gasteiger charge is 2.40. The molecule has 11 heteroatoms. The van der Waals surface area contributed by atoms with Crippen LogP contribution in [0.25, 0.3) is 0 Å². The minimum Gasteiger partial charge on any atom is -0.418 e. The SMILES string of the molecule is COCCOCOC(C(=O)Oc1c(F)c(F)c(F)c(F)c1F)C(C)(C)COC. The topological polar surface area (TPSA) is 63.2 Å². The van der Waals surface area contributed by atoms with E-state index in [2.05, 4.69) is 4.74 Å². The first-order valence-electron chi connectivity index (χ1n) is 7.98. The molecule has 0 heterocycles. The normalized spacial score (nSPS) is 12.9. The Morgan fingerprint density at radius 1 is 0.893 bits per heavy atom. The van der Waals surface area contributed by atoms with E-state index in [1.807, 2.05) is 0 Å². The summed E-state index contributed by atoms with van der Waals surface area (Å²) in [5, 5.41) is 0. The third-order valence-corrected chi connectivity index (χ3v) is 3.56. The predicted octanol–water partition coefficient (Wildman–Crippen LogP) is 2.97. The second kappa shape index (κ2) is 10.6. The lowest BCUT2D eigenvalue weighted by Gasteiger charge is -2.31. The summed E-state index contributed by atoms with van der Waals surface area (Å²) in [6, 6.07) is 0. The minimum absolute atomic E-state index is 0.0536. The van der Waals surface area contributed by atoms with E-state index >= 15 is 0 Å². The summed E-state index contributed by atoms with van der Waals surface area (Å²) in [5.74, 6) is -14.5. The summed E-state index contributed by atoms with van der Waals surface area (Å²) in [6.07, 6.45) is -1.51. The summed E-state index contributed by atoms with van der Waals surface area (Å²) in [6.45, 7) is 2.91. The number of carbonyl (C=O) groups is 1. The number of methoxy groups -OCH3 is 2. The van der Waals surface area contributed by atoms with Gasteiger partial charge in [0.15, 0.2) is 6.10 Å². The van der Waals surface area contributed by atoms with Crippen LogP contribution in [0.2, 0.25) is 0 Å². The van der Waals surface area contributed by atoms with Gasteiger partial charge in [-0.25, -0.2) is 18.0 Å². The molecule has 1 rings (SSSR count). The smallest absolute Gasteiger partial charge is 0.341 e. The second-order valence-corrected chi connectivity index (χ2v) is 6.31. The van der Waals surface area contributed by atoms with Crippen molar-refractivity contribution < 1.29 is 50.4 Å². The molecule has 0 spiro atoms. The van der Waals surface area contributed by atoms with E-state index in [0.717, 1.165) is 0 Å². The third kappa shape index (κ3) is 5.84. The average Bonchev–Trinajstić information content (AvgIpc) is 2.64. The zero-order valence-electron chi connectivity index (χ0n) is 15.7. The van der Waals surface area contributed by atoms with E-state index in [9.17, 15) is 26.7 Å². The quantitative estimate of drug-likeness (QED) is 0.105. The van der Waals surface area contributed by atoms with Gasteiger partial charge in [-0.2, -0.15) is 8.78 Å². The lowest BCUT2D eigenvalue weighted by Crippen LogP contribution is -2.44. The Morgan fingerprint density at radius 2 is 1.43 bits per heavy atom. The first-order chi connectivity index (χ1) is 13.1. The zero-order valence-corrected chi connectivity index (χ0v) is 15.7. The highest BCUT2D eigenvalue weighted by atomic mass is 19.2. The van der Waals surface area contributed by atoms with Crippen LogP contribution in [-0.2, 0) is 23.7 Å².